The summed E-state index contributed by atoms with van der Waals surface area (Å²) in [5.41, 5.74) is 2.03. The number of carbonyl (C=O) groups is 2. The van der Waals surface area contributed by atoms with E-state index < -0.39 is 29.5 Å². The minimum absolute atomic E-state index is 0.0829. The van der Waals surface area contributed by atoms with Gasteiger partial charge in [-0.2, -0.15) is 5.10 Å². The van der Waals surface area contributed by atoms with Gasteiger partial charge >= 0.3 is 0 Å². The topological polar surface area (TPSA) is 71.4 Å². The normalized spacial score (nSPS) is 14.9. The number of nitrogens with zero attached hydrogens (tertiary/aromatic N) is 3. The fourth-order valence-electron chi connectivity index (χ4n) is 4.14. The lowest BCUT2D eigenvalue weighted by atomic mass is 9.98. The van der Waals surface area contributed by atoms with Gasteiger partial charge in [0.2, 0.25) is 0 Å². The van der Waals surface area contributed by atoms with E-state index in [2.05, 4.69) is 5.10 Å². The van der Waals surface area contributed by atoms with Crippen LogP contribution in [0, 0.1) is 11.6 Å². The third-order valence-electron chi connectivity index (χ3n) is 6.13. The molecule has 0 N–H and O–H groups in total. The van der Waals surface area contributed by atoms with Crippen molar-refractivity contribution in [1.82, 2.24) is 9.91 Å². The predicted octanol–water partition coefficient (Wildman–Crippen LogP) is 4.44. The van der Waals surface area contributed by atoms with E-state index in [1.54, 1.807) is 37.4 Å². The van der Waals surface area contributed by atoms with Crippen LogP contribution in [0.2, 0.25) is 0 Å². The average Bonchev–Trinajstić information content (AvgIpc) is 3.37. The molecule has 3 aromatic carbocycles. The van der Waals surface area contributed by atoms with Crippen molar-refractivity contribution in [3.05, 3.63) is 101 Å². The van der Waals surface area contributed by atoms with Gasteiger partial charge in [0.05, 0.1) is 31.0 Å². The van der Waals surface area contributed by atoms with Gasteiger partial charge in [0, 0.05) is 20.1 Å². The van der Waals surface area contributed by atoms with Crippen molar-refractivity contribution in [3.8, 4) is 5.75 Å². The number of halogens is 2. The maximum Gasteiger partial charge on any atom is 0.262 e. The molecule has 0 bridgehead atoms. The van der Waals surface area contributed by atoms with E-state index in [1.807, 2.05) is 12.1 Å². The molecule has 0 aromatic heterocycles. The maximum absolute atomic E-state index is 14.3. The standard InChI is InChI=1S/C28H27F2N3O4/c1-36-16-15-32(28(35)23-5-3-4-6-24(23)30)18-27(34)33-26(20-7-11-21(29)12-8-20)17-25(31-33)19-9-13-22(37-2)14-10-19/h3-14,26H,15-18H2,1-2H3. The molecule has 9 heteroatoms. The predicted molar refractivity (Wildman–Crippen MR) is 134 cm³/mol. The number of methoxy groups -OCH3 is 2. The zero-order valence-corrected chi connectivity index (χ0v) is 20.6. The summed E-state index contributed by atoms with van der Waals surface area (Å²) in [4.78, 5) is 27.9. The smallest absolute Gasteiger partial charge is 0.262 e. The Morgan fingerprint density at radius 2 is 1.70 bits per heavy atom. The monoisotopic (exact) mass is 507 g/mol. The first-order valence-corrected chi connectivity index (χ1v) is 11.7. The number of hydrogen-bond donors (Lipinski definition) is 0. The molecule has 0 fully saturated rings. The first-order valence-electron chi connectivity index (χ1n) is 11.7. The summed E-state index contributed by atoms with van der Waals surface area (Å²) in [5, 5.41) is 5.92. The lowest BCUT2D eigenvalue weighted by Crippen LogP contribution is -2.43. The van der Waals surface area contributed by atoms with Gasteiger partial charge in [-0.3, -0.25) is 9.59 Å². The van der Waals surface area contributed by atoms with Crippen molar-refractivity contribution in [2.75, 3.05) is 33.9 Å². The SMILES string of the molecule is COCCN(CC(=O)N1N=C(c2ccc(OC)cc2)CC1c1ccc(F)cc1)C(=O)c1ccccc1F. The Morgan fingerprint density at radius 3 is 2.35 bits per heavy atom. The Bertz CT molecular complexity index is 1280. The number of amides is 2. The lowest BCUT2D eigenvalue weighted by molar-refractivity contribution is -0.133. The summed E-state index contributed by atoms with van der Waals surface area (Å²) in [6.45, 7) is -0.0949. The Kier molecular flexibility index (Phi) is 8.25. The van der Waals surface area contributed by atoms with Crippen LogP contribution in [0.15, 0.2) is 77.9 Å². The molecule has 37 heavy (non-hydrogen) atoms. The van der Waals surface area contributed by atoms with Crippen LogP contribution in [0.3, 0.4) is 0 Å². The molecule has 4 rings (SSSR count). The van der Waals surface area contributed by atoms with Crippen LogP contribution in [0.5, 0.6) is 5.75 Å². The molecule has 3 aromatic rings. The van der Waals surface area contributed by atoms with Crippen LogP contribution in [0.4, 0.5) is 8.78 Å². The first-order chi connectivity index (χ1) is 17.9. The quantitative estimate of drug-likeness (QED) is 0.429. The average molecular weight is 508 g/mol. The van der Waals surface area contributed by atoms with Gasteiger partial charge in [-0.15, -0.1) is 0 Å². The zero-order valence-electron chi connectivity index (χ0n) is 20.6. The second kappa shape index (κ2) is 11.7. The molecule has 0 aliphatic carbocycles. The van der Waals surface area contributed by atoms with Gasteiger partial charge in [-0.1, -0.05) is 24.3 Å². The largest absolute Gasteiger partial charge is 0.497 e. The van der Waals surface area contributed by atoms with Crippen LogP contribution < -0.4 is 4.74 Å². The summed E-state index contributed by atoms with van der Waals surface area (Å²) in [5.74, 6) is -1.46. The Labute approximate surface area is 213 Å². The molecule has 0 saturated heterocycles. The number of benzene rings is 3. The molecule has 2 amide bonds. The van der Waals surface area contributed by atoms with Crippen molar-refractivity contribution in [1.29, 1.82) is 0 Å². The van der Waals surface area contributed by atoms with Gasteiger partial charge in [-0.05, 0) is 59.7 Å². The zero-order chi connectivity index (χ0) is 26.4. The van der Waals surface area contributed by atoms with Crippen LogP contribution in [-0.4, -0.2) is 61.4 Å². The Morgan fingerprint density at radius 1 is 1.00 bits per heavy atom. The van der Waals surface area contributed by atoms with E-state index in [0.29, 0.717) is 23.4 Å². The fraction of sp³-hybridized carbons (Fsp3) is 0.250. The first kappa shape index (κ1) is 26.0. The molecular formula is C28H27F2N3O4. The van der Waals surface area contributed by atoms with E-state index >= 15 is 0 Å². The molecule has 192 valence electrons. The highest BCUT2D eigenvalue weighted by Crippen LogP contribution is 2.33. The fourth-order valence-corrected chi connectivity index (χ4v) is 4.14. The third-order valence-corrected chi connectivity index (χ3v) is 6.13. The van der Waals surface area contributed by atoms with Crippen LogP contribution in [-0.2, 0) is 9.53 Å². The summed E-state index contributed by atoms with van der Waals surface area (Å²) >= 11 is 0. The van der Waals surface area contributed by atoms with E-state index in [1.165, 1.54) is 47.4 Å². The Hall–Kier alpha value is -4.11. The second-order valence-corrected chi connectivity index (χ2v) is 8.48. The van der Waals surface area contributed by atoms with Crippen molar-refractivity contribution in [3.63, 3.8) is 0 Å². The van der Waals surface area contributed by atoms with Crippen molar-refractivity contribution in [2.45, 2.75) is 12.5 Å². The van der Waals surface area contributed by atoms with Crippen molar-refractivity contribution < 1.29 is 27.8 Å². The highest BCUT2D eigenvalue weighted by atomic mass is 19.1. The van der Waals surface area contributed by atoms with Crippen LogP contribution in [0.25, 0.3) is 0 Å². The molecule has 0 radical (unpaired) electrons. The van der Waals surface area contributed by atoms with Crippen molar-refractivity contribution in [2.24, 2.45) is 5.10 Å². The molecule has 0 saturated carbocycles. The lowest BCUT2D eigenvalue weighted by Gasteiger charge is -2.27. The van der Waals surface area contributed by atoms with Crippen molar-refractivity contribution >= 4 is 17.5 Å². The number of rotatable bonds is 9. The molecule has 1 aliphatic rings. The molecule has 0 spiro atoms. The van der Waals surface area contributed by atoms with E-state index in [0.717, 1.165) is 5.56 Å². The summed E-state index contributed by atoms with van der Waals surface area (Å²) in [6.07, 6.45) is 0.392. The van der Waals surface area contributed by atoms with Gasteiger partial charge in [0.15, 0.2) is 0 Å². The highest BCUT2D eigenvalue weighted by Gasteiger charge is 2.34. The van der Waals surface area contributed by atoms with Crippen LogP contribution in [0.1, 0.15) is 33.9 Å². The van der Waals surface area contributed by atoms with Gasteiger partial charge in [0.1, 0.15) is 23.9 Å². The molecule has 1 heterocycles. The van der Waals surface area contributed by atoms with E-state index in [9.17, 15) is 18.4 Å². The maximum atomic E-state index is 14.3. The summed E-state index contributed by atoms with van der Waals surface area (Å²) < 4.78 is 38.3. The summed E-state index contributed by atoms with van der Waals surface area (Å²) in [7, 11) is 3.05. The van der Waals surface area contributed by atoms with Gasteiger partial charge in [0.25, 0.3) is 11.8 Å². The number of ether oxygens (including phenoxy) is 2. The molecular weight excluding hydrogens is 480 g/mol. The second-order valence-electron chi connectivity index (χ2n) is 8.48. The highest BCUT2D eigenvalue weighted by molar-refractivity contribution is 6.04. The number of hydrazone groups is 1. The third kappa shape index (κ3) is 6.00. The minimum Gasteiger partial charge on any atom is -0.497 e. The molecule has 1 unspecified atom stereocenters. The van der Waals surface area contributed by atoms with Gasteiger partial charge in [-0.25, -0.2) is 13.8 Å². The van der Waals surface area contributed by atoms with Crippen LogP contribution >= 0.6 is 0 Å². The number of hydrogen-bond acceptors (Lipinski definition) is 5. The molecule has 1 atom stereocenters. The molecule has 1 aliphatic heterocycles. The van der Waals surface area contributed by atoms with Gasteiger partial charge < -0.3 is 14.4 Å². The van der Waals surface area contributed by atoms with E-state index in [-0.39, 0.29) is 25.3 Å². The number of carbonyl (C=O) groups excluding carboxylic acids is 2. The summed E-state index contributed by atoms with van der Waals surface area (Å²) in [6, 6.07) is 18.3. The minimum atomic E-state index is -0.674. The Balaban J connectivity index is 1.63. The molecule has 7 nitrogen and oxygen atoms in total. The van der Waals surface area contributed by atoms with E-state index in [4.69, 9.17) is 9.47 Å².